The Hall–Kier alpha value is -1.91. The number of benzene rings is 1. The average molecular weight is 349 g/mol. The summed E-state index contributed by atoms with van der Waals surface area (Å²) in [5, 5.41) is 9.04. The van der Waals surface area contributed by atoms with Crippen molar-refractivity contribution >= 4 is 21.4 Å². The summed E-state index contributed by atoms with van der Waals surface area (Å²) in [4.78, 5) is 1.50. The molecule has 23 heavy (non-hydrogen) atoms. The Balaban J connectivity index is 2.70. The van der Waals surface area contributed by atoms with Crippen LogP contribution in [-0.4, -0.2) is 13.0 Å². The summed E-state index contributed by atoms with van der Waals surface area (Å²) >= 11 is 1.32. The zero-order valence-electron chi connectivity index (χ0n) is 13.6. The third kappa shape index (κ3) is 3.71. The van der Waals surface area contributed by atoms with E-state index in [1.165, 1.54) is 23.5 Å². The third-order valence-electron chi connectivity index (χ3n) is 3.31. The summed E-state index contributed by atoms with van der Waals surface area (Å²) in [6.45, 7) is 8.12. The Kier molecular flexibility index (Phi) is 4.78. The molecule has 0 N–H and O–H groups in total. The van der Waals surface area contributed by atoms with Crippen LogP contribution < -0.4 is 4.80 Å². The minimum Gasteiger partial charge on any atom is -0.306 e. The van der Waals surface area contributed by atoms with Crippen LogP contribution in [0, 0.1) is 18.3 Å². The molecule has 0 spiro atoms. The minimum absolute atomic E-state index is 0.0710. The number of nitrogens with zero attached hydrogens (tertiary/aromatic N) is 3. The SMILES string of the molecule is Cc1c(C(C)(C)C)s/c(=N\S(=O)(=O)c2ccccc2)n1CC#N. The van der Waals surface area contributed by atoms with Gasteiger partial charge in [-0.3, -0.25) is 0 Å². The Morgan fingerprint density at radius 1 is 1.26 bits per heavy atom. The summed E-state index contributed by atoms with van der Waals surface area (Å²) in [6.07, 6.45) is 0. The van der Waals surface area contributed by atoms with E-state index in [0.29, 0.717) is 4.80 Å². The van der Waals surface area contributed by atoms with E-state index in [1.54, 1.807) is 22.8 Å². The van der Waals surface area contributed by atoms with Crippen molar-refractivity contribution in [1.29, 1.82) is 5.26 Å². The second kappa shape index (κ2) is 6.30. The highest BCUT2D eigenvalue weighted by molar-refractivity contribution is 7.90. The maximum absolute atomic E-state index is 12.5. The van der Waals surface area contributed by atoms with Crippen LogP contribution in [0.3, 0.4) is 0 Å². The lowest BCUT2D eigenvalue weighted by Crippen LogP contribution is -2.18. The van der Waals surface area contributed by atoms with Crippen LogP contribution in [0.5, 0.6) is 0 Å². The van der Waals surface area contributed by atoms with Gasteiger partial charge in [-0.2, -0.15) is 13.7 Å². The highest BCUT2D eigenvalue weighted by Crippen LogP contribution is 2.28. The van der Waals surface area contributed by atoms with Crippen LogP contribution in [0.4, 0.5) is 0 Å². The smallest absolute Gasteiger partial charge is 0.285 e. The van der Waals surface area contributed by atoms with Gasteiger partial charge in [0.1, 0.15) is 6.54 Å². The van der Waals surface area contributed by atoms with E-state index in [4.69, 9.17) is 5.26 Å². The maximum atomic E-state index is 12.5. The first-order valence-corrected chi connectivity index (χ1v) is 9.36. The van der Waals surface area contributed by atoms with Crippen molar-refractivity contribution in [2.45, 2.75) is 44.6 Å². The standard InChI is InChI=1S/C16H19N3O2S2/c1-12-14(16(2,3)4)22-15(19(12)11-10-17)18-23(20,21)13-8-6-5-7-9-13/h5-9H,11H2,1-4H3/b18-15-. The molecule has 0 fully saturated rings. The average Bonchev–Trinajstić information content (AvgIpc) is 2.77. The van der Waals surface area contributed by atoms with Crippen molar-refractivity contribution in [3.05, 3.63) is 45.7 Å². The van der Waals surface area contributed by atoms with Gasteiger partial charge >= 0.3 is 0 Å². The van der Waals surface area contributed by atoms with Gasteiger partial charge in [0.05, 0.1) is 11.0 Å². The largest absolute Gasteiger partial charge is 0.306 e. The molecule has 5 nitrogen and oxygen atoms in total. The predicted octanol–water partition coefficient (Wildman–Crippen LogP) is 2.97. The van der Waals surface area contributed by atoms with E-state index in [-0.39, 0.29) is 16.9 Å². The van der Waals surface area contributed by atoms with Crippen molar-refractivity contribution in [3.63, 3.8) is 0 Å². The molecular weight excluding hydrogens is 330 g/mol. The molecular formula is C16H19N3O2S2. The summed E-state index contributed by atoms with van der Waals surface area (Å²) < 4.78 is 30.6. The molecule has 0 atom stereocenters. The molecule has 0 aliphatic carbocycles. The van der Waals surface area contributed by atoms with Crippen LogP contribution in [0.1, 0.15) is 31.3 Å². The molecule has 2 aromatic rings. The molecule has 0 radical (unpaired) electrons. The van der Waals surface area contributed by atoms with Crippen molar-refractivity contribution in [2.75, 3.05) is 0 Å². The monoisotopic (exact) mass is 349 g/mol. The van der Waals surface area contributed by atoms with E-state index >= 15 is 0 Å². The number of hydrogen-bond acceptors (Lipinski definition) is 4. The molecule has 2 rings (SSSR count). The molecule has 7 heteroatoms. The highest BCUT2D eigenvalue weighted by Gasteiger charge is 2.23. The van der Waals surface area contributed by atoms with Crippen LogP contribution in [-0.2, 0) is 22.0 Å². The fourth-order valence-electron chi connectivity index (χ4n) is 2.25. The maximum Gasteiger partial charge on any atom is 0.285 e. The van der Waals surface area contributed by atoms with E-state index < -0.39 is 10.0 Å². The van der Waals surface area contributed by atoms with Gasteiger partial charge in [0.25, 0.3) is 10.0 Å². The zero-order valence-corrected chi connectivity index (χ0v) is 15.2. The molecule has 1 aromatic heterocycles. The summed E-state index contributed by atoms with van der Waals surface area (Å²) in [6, 6.07) is 10.2. The molecule has 0 bridgehead atoms. The lowest BCUT2D eigenvalue weighted by molar-refractivity contribution is 0.589. The van der Waals surface area contributed by atoms with Crippen molar-refractivity contribution in [1.82, 2.24) is 4.57 Å². The van der Waals surface area contributed by atoms with E-state index in [1.807, 2.05) is 6.92 Å². The lowest BCUT2D eigenvalue weighted by atomic mass is 9.93. The van der Waals surface area contributed by atoms with Gasteiger partial charge in [-0.05, 0) is 24.5 Å². The quantitative estimate of drug-likeness (QED) is 0.855. The van der Waals surface area contributed by atoms with E-state index in [9.17, 15) is 8.42 Å². The van der Waals surface area contributed by atoms with Crippen molar-refractivity contribution < 1.29 is 8.42 Å². The predicted molar refractivity (Wildman–Crippen MR) is 90.5 cm³/mol. The molecule has 0 saturated heterocycles. The molecule has 1 aromatic carbocycles. The molecule has 0 amide bonds. The van der Waals surface area contributed by atoms with Crippen molar-refractivity contribution in [3.8, 4) is 6.07 Å². The minimum atomic E-state index is -3.80. The van der Waals surface area contributed by atoms with Gasteiger partial charge in [0.2, 0.25) is 4.80 Å². The first kappa shape index (κ1) is 17.4. The molecule has 0 saturated carbocycles. The molecule has 1 heterocycles. The van der Waals surface area contributed by atoms with Gasteiger partial charge < -0.3 is 4.57 Å². The lowest BCUT2D eigenvalue weighted by Gasteiger charge is -2.17. The van der Waals surface area contributed by atoms with Gasteiger partial charge in [0.15, 0.2) is 0 Å². The number of sulfonamides is 1. The molecule has 0 aliphatic heterocycles. The first-order valence-electron chi connectivity index (χ1n) is 7.10. The van der Waals surface area contributed by atoms with E-state index in [0.717, 1.165) is 10.6 Å². The summed E-state index contributed by atoms with van der Waals surface area (Å²) in [5.41, 5.74) is 0.738. The second-order valence-corrected chi connectivity index (χ2v) is 8.75. The normalized spacial score (nSPS) is 13.1. The fourth-order valence-corrected chi connectivity index (χ4v) is 4.67. The number of aromatic nitrogens is 1. The third-order valence-corrected chi connectivity index (χ3v) is 6.31. The van der Waals surface area contributed by atoms with Crippen molar-refractivity contribution in [2.24, 2.45) is 4.40 Å². The highest BCUT2D eigenvalue weighted by atomic mass is 32.2. The Morgan fingerprint density at radius 2 is 1.87 bits per heavy atom. The van der Waals surface area contributed by atoms with Crippen LogP contribution in [0.15, 0.2) is 39.6 Å². The van der Waals surface area contributed by atoms with Gasteiger partial charge in [0, 0.05) is 10.6 Å². The van der Waals surface area contributed by atoms with Gasteiger partial charge in [-0.25, -0.2) is 0 Å². The number of nitriles is 1. The number of hydrogen-bond donors (Lipinski definition) is 0. The fraction of sp³-hybridized carbons (Fsp3) is 0.375. The molecule has 122 valence electrons. The number of rotatable bonds is 3. The Labute approximate surface area is 140 Å². The zero-order chi connectivity index (χ0) is 17.3. The topological polar surface area (TPSA) is 75.2 Å². The molecule has 0 unspecified atom stereocenters. The summed E-state index contributed by atoms with van der Waals surface area (Å²) in [7, 11) is -3.80. The van der Waals surface area contributed by atoms with E-state index in [2.05, 4.69) is 31.2 Å². The van der Waals surface area contributed by atoms with Gasteiger partial charge in [-0.15, -0.1) is 15.7 Å². The van der Waals surface area contributed by atoms with Crippen LogP contribution in [0.2, 0.25) is 0 Å². The van der Waals surface area contributed by atoms with Gasteiger partial charge in [-0.1, -0.05) is 39.0 Å². The van der Waals surface area contributed by atoms with Crippen LogP contribution in [0.25, 0.3) is 0 Å². The number of thiazole rings is 1. The summed E-state index contributed by atoms with van der Waals surface area (Å²) in [5.74, 6) is 0. The Morgan fingerprint density at radius 3 is 2.39 bits per heavy atom. The second-order valence-electron chi connectivity index (χ2n) is 6.17. The van der Waals surface area contributed by atoms with Crippen LogP contribution >= 0.6 is 11.3 Å². The first-order chi connectivity index (χ1) is 10.7. The molecule has 0 aliphatic rings. The Bertz CT molecular complexity index is 909.